The summed E-state index contributed by atoms with van der Waals surface area (Å²) >= 11 is 5.80. The van der Waals surface area contributed by atoms with E-state index >= 15 is 0 Å². The molecule has 156 valence electrons. The molecule has 1 unspecified atom stereocenters. The molecule has 3 rings (SSSR count). The van der Waals surface area contributed by atoms with E-state index in [2.05, 4.69) is 0 Å². The molecule has 1 fully saturated rings. The molecule has 30 heavy (non-hydrogen) atoms. The van der Waals surface area contributed by atoms with E-state index in [1.165, 1.54) is 31.2 Å². The molecule has 2 aromatic carbocycles. The normalized spacial score (nSPS) is 14.3. The van der Waals surface area contributed by atoms with Crippen LogP contribution in [0, 0.1) is 10.1 Å². The van der Waals surface area contributed by atoms with Crippen molar-refractivity contribution in [3.63, 3.8) is 0 Å². The van der Waals surface area contributed by atoms with E-state index in [0.29, 0.717) is 13.1 Å². The van der Waals surface area contributed by atoms with Gasteiger partial charge in [-0.15, -0.1) is 0 Å². The number of ether oxygens (including phenoxy) is 1. The fraction of sp³-hybridized carbons (Fsp3) is 0.286. The first kappa shape index (κ1) is 21.4. The number of ketones is 1. The second kappa shape index (κ2) is 9.04. The van der Waals surface area contributed by atoms with Crippen LogP contribution in [0.2, 0.25) is 5.02 Å². The number of esters is 1. The number of nitro groups is 1. The highest BCUT2D eigenvalue weighted by Gasteiger charge is 2.28. The SMILES string of the molecule is CC(OC(=O)c1ccccc1C(=O)c1ccc(Cl)c([N+](=O)[O-])c1)C(=O)N1CCCC1. The summed E-state index contributed by atoms with van der Waals surface area (Å²) < 4.78 is 5.31. The number of hydrogen-bond acceptors (Lipinski definition) is 6. The maximum absolute atomic E-state index is 12.9. The molecule has 1 aliphatic rings. The van der Waals surface area contributed by atoms with Crippen LogP contribution >= 0.6 is 11.6 Å². The van der Waals surface area contributed by atoms with Crippen molar-refractivity contribution in [1.29, 1.82) is 0 Å². The Kier molecular flexibility index (Phi) is 6.47. The van der Waals surface area contributed by atoms with Crippen molar-refractivity contribution in [2.45, 2.75) is 25.9 Å². The molecule has 0 N–H and O–H groups in total. The number of nitro benzene ring substituents is 1. The number of nitrogens with zero attached hydrogens (tertiary/aromatic N) is 2. The molecule has 1 heterocycles. The van der Waals surface area contributed by atoms with Gasteiger partial charge in [-0.2, -0.15) is 0 Å². The van der Waals surface area contributed by atoms with Gasteiger partial charge in [-0.25, -0.2) is 4.79 Å². The highest BCUT2D eigenvalue weighted by atomic mass is 35.5. The van der Waals surface area contributed by atoms with Gasteiger partial charge in [0.25, 0.3) is 11.6 Å². The summed E-state index contributed by atoms with van der Waals surface area (Å²) in [6.07, 6.45) is 0.837. The van der Waals surface area contributed by atoms with Gasteiger partial charge in [0.15, 0.2) is 11.9 Å². The fourth-order valence-electron chi connectivity index (χ4n) is 3.28. The standard InChI is InChI=1S/C21H19ClN2O6/c1-13(20(26)23-10-4-5-11-23)30-21(27)16-7-3-2-6-15(16)19(25)14-8-9-17(22)18(12-14)24(28)29/h2-3,6-9,12-13H,4-5,10-11H2,1H3. The van der Waals surface area contributed by atoms with Gasteiger partial charge >= 0.3 is 5.97 Å². The summed E-state index contributed by atoms with van der Waals surface area (Å²) in [5, 5.41) is 11.0. The zero-order chi connectivity index (χ0) is 21.8. The van der Waals surface area contributed by atoms with Gasteiger partial charge in [0, 0.05) is 30.3 Å². The number of amides is 1. The zero-order valence-corrected chi connectivity index (χ0v) is 16.9. The van der Waals surface area contributed by atoms with Crippen molar-refractivity contribution in [1.82, 2.24) is 4.90 Å². The van der Waals surface area contributed by atoms with Crippen molar-refractivity contribution in [2.75, 3.05) is 13.1 Å². The monoisotopic (exact) mass is 430 g/mol. The molecule has 0 spiro atoms. The van der Waals surface area contributed by atoms with Crippen LogP contribution in [0.1, 0.15) is 46.0 Å². The summed E-state index contributed by atoms with van der Waals surface area (Å²) in [5.74, 6) is -1.69. The number of carbonyl (C=O) groups excluding carboxylic acids is 3. The van der Waals surface area contributed by atoms with Gasteiger partial charge in [-0.05, 0) is 38.0 Å². The Hall–Kier alpha value is -3.26. The lowest BCUT2D eigenvalue weighted by molar-refractivity contribution is -0.384. The third kappa shape index (κ3) is 4.49. The molecule has 0 aliphatic carbocycles. The molecule has 8 nitrogen and oxygen atoms in total. The molecule has 1 atom stereocenters. The Balaban J connectivity index is 1.84. The molecule has 0 radical (unpaired) electrons. The highest BCUT2D eigenvalue weighted by Crippen LogP contribution is 2.27. The number of benzene rings is 2. The maximum Gasteiger partial charge on any atom is 0.339 e. The zero-order valence-electron chi connectivity index (χ0n) is 16.2. The third-order valence-corrected chi connectivity index (χ3v) is 5.17. The van der Waals surface area contributed by atoms with E-state index in [1.807, 2.05) is 0 Å². The number of rotatable bonds is 6. The van der Waals surface area contributed by atoms with Crippen molar-refractivity contribution in [2.24, 2.45) is 0 Å². The van der Waals surface area contributed by atoms with Gasteiger partial charge in [0.1, 0.15) is 5.02 Å². The average Bonchev–Trinajstić information content (AvgIpc) is 3.27. The number of hydrogen-bond donors (Lipinski definition) is 0. The minimum absolute atomic E-state index is 0.00698. The van der Waals surface area contributed by atoms with E-state index in [0.717, 1.165) is 18.9 Å². The van der Waals surface area contributed by atoms with Gasteiger partial charge in [-0.1, -0.05) is 29.8 Å². The lowest BCUT2D eigenvalue weighted by atomic mass is 9.98. The maximum atomic E-state index is 12.9. The highest BCUT2D eigenvalue weighted by molar-refractivity contribution is 6.33. The molecular weight excluding hydrogens is 412 g/mol. The lowest BCUT2D eigenvalue weighted by Gasteiger charge is -2.20. The van der Waals surface area contributed by atoms with Gasteiger partial charge in [0.05, 0.1) is 10.5 Å². The summed E-state index contributed by atoms with van der Waals surface area (Å²) in [6.45, 7) is 2.75. The van der Waals surface area contributed by atoms with Crippen LogP contribution in [-0.2, 0) is 9.53 Å². The molecule has 1 saturated heterocycles. The van der Waals surface area contributed by atoms with E-state index in [9.17, 15) is 24.5 Å². The van der Waals surface area contributed by atoms with E-state index < -0.39 is 28.5 Å². The predicted octanol–water partition coefficient (Wildman–Crippen LogP) is 3.65. The Bertz CT molecular complexity index is 1020. The molecule has 0 aromatic heterocycles. The van der Waals surface area contributed by atoms with E-state index in [-0.39, 0.29) is 27.6 Å². The summed E-state index contributed by atoms with van der Waals surface area (Å²) in [6, 6.07) is 9.62. The molecule has 1 aliphatic heterocycles. The first-order chi connectivity index (χ1) is 14.3. The van der Waals surface area contributed by atoms with Crippen LogP contribution in [0.15, 0.2) is 42.5 Å². The van der Waals surface area contributed by atoms with Crippen molar-refractivity contribution in [3.05, 3.63) is 74.3 Å². The Morgan fingerprint density at radius 1 is 1.10 bits per heavy atom. The first-order valence-electron chi connectivity index (χ1n) is 9.37. The molecule has 1 amide bonds. The minimum Gasteiger partial charge on any atom is -0.449 e. The van der Waals surface area contributed by atoms with E-state index in [4.69, 9.17) is 16.3 Å². The van der Waals surface area contributed by atoms with Crippen LogP contribution in [-0.4, -0.2) is 46.7 Å². The Morgan fingerprint density at radius 3 is 2.37 bits per heavy atom. The van der Waals surface area contributed by atoms with Gasteiger partial charge in [-0.3, -0.25) is 19.7 Å². The second-order valence-electron chi connectivity index (χ2n) is 6.88. The average molecular weight is 431 g/mol. The smallest absolute Gasteiger partial charge is 0.339 e. The third-order valence-electron chi connectivity index (χ3n) is 4.85. The molecule has 2 aromatic rings. The number of likely N-dealkylation sites (tertiary alicyclic amines) is 1. The van der Waals surface area contributed by atoms with Crippen LogP contribution in [0.3, 0.4) is 0 Å². The van der Waals surface area contributed by atoms with Crippen molar-refractivity contribution >= 4 is 34.9 Å². The summed E-state index contributed by atoms with van der Waals surface area (Å²) in [4.78, 5) is 50.1. The van der Waals surface area contributed by atoms with Crippen LogP contribution < -0.4 is 0 Å². The molecule has 0 saturated carbocycles. The Morgan fingerprint density at radius 2 is 1.73 bits per heavy atom. The Labute approximate surface area is 177 Å². The predicted molar refractivity (Wildman–Crippen MR) is 109 cm³/mol. The number of carbonyl (C=O) groups is 3. The number of halogens is 1. The largest absolute Gasteiger partial charge is 0.449 e. The quantitative estimate of drug-likeness (QED) is 0.299. The van der Waals surface area contributed by atoms with Gasteiger partial charge in [0.2, 0.25) is 0 Å². The summed E-state index contributed by atoms with van der Waals surface area (Å²) in [7, 11) is 0. The first-order valence-corrected chi connectivity index (χ1v) is 9.75. The summed E-state index contributed by atoms with van der Waals surface area (Å²) in [5.41, 5.74) is -0.416. The molecular formula is C21H19ClN2O6. The lowest BCUT2D eigenvalue weighted by Crippen LogP contribution is -2.38. The van der Waals surface area contributed by atoms with Crippen molar-refractivity contribution in [3.8, 4) is 0 Å². The topological polar surface area (TPSA) is 107 Å². The van der Waals surface area contributed by atoms with Crippen LogP contribution in [0.4, 0.5) is 5.69 Å². The fourth-order valence-corrected chi connectivity index (χ4v) is 3.46. The van der Waals surface area contributed by atoms with Gasteiger partial charge < -0.3 is 9.64 Å². The van der Waals surface area contributed by atoms with Crippen LogP contribution in [0.5, 0.6) is 0 Å². The van der Waals surface area contributed by atoms with E-state index in [1.54, 1.807) is 17.0 Å². The second-order valence-corrected chi connectivity index (χ2v) is 7.29. The molecule has 9 heteroatoms. The minimum atomic E-state index is -0.990. The van der Waals surface area contributed by atoms with Crippen LogP contribution in [0.25, 0.3) is 0 Å². The molecule has 0 bridgehead atoms. The van der Waals surface area contributed by atoms with Crippen molar-refractivity contribution < 1.29 is 24.0 Å².